The monoisotopic (exact) mass is 282 g/mol. The fourth-order valence-electron chi connectivity index (χ4n) is 2.51. The van der Waals surface area contributed by atoms with Gasteiger partial charge in [0.15, 0.2) is 0 Å². The summed E-state index contributed by atoms with van der Waals surface area (Å²) in [5, 5.41) is 0. The Balaban J connectivity index is 2.46. The van der Waals surface area contributed by atoms with Gasteiger partial charge in [0, 0.05) is 6.54 Å². The van der Waals surface area contributed by atoms with E-state index in [-0.39, 0.29) is 5.75 Å². The summed E-state index contributed by atoms with van der Waals surface area (Å²) in [6.07, 6.45) is 1.13. The van der Waals surface area contributed by atoms with E-state index in [0.717, 1.165) is 5.56 Å². The normalized spacial score (nSPS) is 19.9. The van der Waals surface area contributed by atoms with Crippen molar-refractivity contribution in [2.75, 3.05) is 12.3 Å². The molecule has 0 aromatic heterocycles. The third kappa shape index (κ3) is 2.64. The third-order valence-electron chi connectivity index (χ3n) is 3.33. The number of primary amides is 1. The smallest absolute Gasteiger partial charge is 0.240 e. The first-order chi connectivity index (χ1) is 8.97. The van der Waals surface area contributed by atoms with Gasteiger partial charge in [-0.2, -0.15) is 4.31 Å². The van der Waals surface area contributed by atoms with Crippen LogP contribution in [0.1, 0.15) is 30.5 Å². The molecular weight excluding hydrogens is 264 g/mol. The minimum absolute atomic E-state index is 0.0406. The van der Waals surface area contributed by atoms with E-state index in [2.05, 4.69) is 0 Å². The zero-order valence-electron chi connectivity index (χ0n) is 10.9. The largest absolute Gasteiger partial charge is 0.368 e. The van der Waals surface area contributed by atoms with Gasteiger partial charge < -0.3 is 5.73 Å². The van der Waals surface area contributed by atoms with Crippen LogP contribution in [0.2, 0.25) is 0 Å². The Bertz CT molecular complexity index is 583. The fraction of sp³-hybridized carbons (Fsp3) is 0.462. The molecule has 19 heavy (non-hydrogen) atoms. The lowest BCUT2D eigenvalue weighted by Crippen LogP contribution is -2.46. The molecule has 1 unspecified atom stereocenters. The van der Waals surface area contributed by atoms with Gasteiger partial charge in [0.1, 0.15) is 6.04 Å². The molecular formula is C13H18N2O3S. The van der Waals surface area contributed by atoms with Crippen molar-refractivity contribution in [1.29, 1.82) is 0 Å². The van der Waals surface area contributed by atoms with Crippen molar-refractivity contribution in [3.05, 3.63) is 35.4 Å². The van der Waals surface area contributed by atoms with Crippen LogP contribution < -0.4 is 5.73 Å². The number of hydrogen-bond donors (Lipinski definition) is 1. The Hall–Kier alpha value is -1.40. The molecule has 0 aliphatic carbocycles. The lowest BCUT2D eigenvalue weighted by Gasteiger charge is -2.34. The van der Waals surface area contributed by atoms with Crippen molar-refractivity contribution in [2.24, 2.45) is 5.73 Å². The summed E-state index contributed by atoms with van der Waals surface area (Å²) in [4.78, 5) is 11.7. The van der Waals surface area contributed by atoms with Crippen LogP contribution in [0.15, 0.2) is 24.3 Å². The average molecular weight is 282 g/mol. The molecule has 2 rings (SSSR count). The average Bonchev–Trinajstić information content (AvgIpc) is 2.37. The molecule has 1 aromatic rings. The Morgan fingerprint density at radius 2 is 2.11 bits per heavy atom. The molecule has 1 atom stereocenters. The maximum atomic E-state index is 12.2. The second kappa shape index (κ2) is 5.30. The molecule has 1 amide bonds. The maximum absolute atomic E-state index is 12.2. The molecule has 104 valence electrons. The summed E-state index contributed by atoms with van der Waals surface area (Å²) in [6, 6.07) is 6.49. The van der Waals surface area contributed by atoms with Gasteiger partial charge in [-0.3, -0.25) is 4.79 Å². The van der Waals surface area contributed by atoms with Gasteiger partial charge in [-0.05, 0) is 24.0 Å². The topological polar surface area (TPSA) is 80.5 Å². The van der Waals surface area contributed by atoms with Gasteiger partial charge >= 0.3 is 0 Å². The molecule has 1 heterocycles. The summed E-state index contributed by atoms with van der Waals surface area (Å²) in [6.45, 7) is 2.11. The predicted molar refractivity (Wildman–Crippen MR) is 72.9 cm³/mol. The summed E-state index contributed by atoms with van der Waals surface area (Å²) in [5.41, 5.74) is 7.12. The highest BCUT2D eigenvalue weighted by molar-refractivity contribution is 7.89. The molecule has 5 nitrogen and oxygen atoms in total. The molecule has 0 spiro atoms. The van der Waals surface area contributed by atoms with Crippen molar-refractivity contribution in [3.8, 4) is 0 Å². The predicted octanol–water partition coefficient (Wildman–Crippen LogP) is 0.811. The van der Waals surface area contributed by atoms with E-state index >= 15 is 0 Å². The SMILES string of the molecule is CCCS(=O)(=O)N1CCc2ccccc2C1C(N)=O. The number of carbonyl (C=O) groups is 1. The number of fused-ring (bicyclic) bond motifs is 1. The van der Waals surface area contributed by atoms with Gasteiger partial charge in [-0.25, -0.2) is 8.42 Å². The molecule has 0 saturated carbocycles. The second-order valence-corrected chi connectivity index (χ2v) is 6.72. The second-order valence-electron chi connectivity index (χ2n) is 4.68. The fourth-order valence-corrected chi connectivity index (χ4v) is 4.17. The number of rotatable bonds is 4. The zero-order chi connectivity index (χ0) is 14.0. The standard InChI is InChI=1S/C13H18N2O3S/c1-2-9-19(17,18)15-8-7-10-5-3-4-6-11(10)12(15)13(14)16/h3-6,12H,2,7-9H2,1H3,(H2,14,16). The first-order valence-corrected chi connectivity index (χ1v) is 7.95. The van der Waals surface area contributed by atoms with Crippen LogP contribution in [-0.2, 0) is 21.2 Å². The van der Waals surface area contributed by atoms with E-state index in [0.29, 0.717) is 24.9 Å². The summed E-state index contributed by atoms with van der Waals surface area (Å²) >= 11 is 0. The number of carbonyl (C=O) groups excluding carboxylic acids is 1. The highest BCUT2D eigenvalue weighted by Crippen LogP contribution is 2.31. The van der Waals surface area contributed by atoms with Gasteiger partial charge in [0.05, 0.1) is 5.75 Å². The van der Waals surface area contributed by atoms with Crippen molar-refractivity contribution in [1.82, 2.24) is 4.31 Å². The van der Waals surface area contributed by atoms with Crippen molar-refractivity contribution in [3.63, 3.8) is 0 Å². The molecule has 1 aliphatic heterocycles. The number of benzene rings is 1. The van der Waals surface area contributed by atoms with Crippen LogP contribution in [0.5, 0.6) is 0 Å². The number of hydrogen-bond acceptors (Lipinski definition) is 3. The lowest BCUT2D eigenvalue weighted by atomic mass is 9.94. The molecule has 1 aromatic carbocycles. The van der Waals surface area contributed by atoms with E-state index in [4.69, 9.17) is 5.73 Å². The van der Waals surface area contributed by atoms with E-state index in [1.165, 1.54) is 4.31 Å². The molecule has 0 saturated heterocycles. The molecule has 6 heteroatoms. The van der Waals surface area contributed by atoms with Gasteiger partial charge in [-0.15, -0.1) is 0 Å². The van der Waals surface area contributed by atoms with Crippen molar-refractivity contribution in [2.45, 2.75) is 25.8 Å². The number of sulfonamides is 1. The molecule has 2 N–H and O–H groups in total. The highest BCUT2D eigenvalue weighted by Gasteiger charge is 2.37. The van der Waals surface area contributed by atoms with Crippen LogP contribution in [-0.4, -0.2) is 30.9 Å². The Morgan fingerprint density at radius 1 is 1.42 bits per heavy atom. The molecule has 0 fully saturated rings. The zero-order valence-corrected chi connectivity index (χ0v) is 11.7. The lowest BCUT2D eigenvalue weighted by molar-refractivity contribution is -0.122. The Labute approximate surface area is 113 Å². The van der Waals surface area contributed by atoms with Crippen LogP contribution in [0, 0.1) is 0 Å². The van der Waals surface area contributed by atoms with Crippen LogP contribution in [0.3, 0.4) is 0 Å². The van der Waals surface area contributed by atoms with E-state index < -0.39 is 22.0 Å². The Morgan fingerprint density at radius 3 is 2.74 bits per heavy atom. The maximum Gasteiger partial charge on any atom is 0.240 e. The summed E-state index contributed by atoms with van der Waals surface area (Å²) in [7, 11) is -3.44. The van der Waals surface area contributed by atoms with Crippen LogP contribution in [0.25, 0.3) is 0 Å². The number of amides is 1. The quantitative estimate of drug-likeness (QED) is 0.887. The first-order valence-electron chi connectivity index (χ1n) is 6.34. The van der Waals surface area contributed by atoms with E-state index in [1.54, 1.807) is 19.1 Å². The van der Waals surface area contributed by atoms with Crippen LogP contribution in [0.4, 0.5) is 0 Å². The minimum atomic E-state index is -3.44. The first kappa shape index (κ1) is 14.0. The van der Waals surface area contributed by atoms with E-state index in [1.807, 2.05) is 12.1 Å². The van der Waals surface area contributed by atoms with Gasteiger partial charge in [0.25, 0.3) is 0 Å². The summed E-state index contributed by atoms with van der Waals surface area (Å²) in [5.74, 6) is -0.578. The Kier molecular flexibility index (Phi) is 3.91. The van der Waals surface area contributed by atoms with Gasteiger partial charge in [0.2, 0.25) is 15.9 Å². The minimum Gasteiger partial charge on any atom is -0.368 e. The molecule has 0 bridgehead atoms. The molecule has 0 radical (unpaired) electrons. The highest BCUT2D eigenvalue weighted by atomic mass is 32.2. The van der Waals surface area contributed by atoms with Crippen molar-refractivity contribution >= 4 is 15.9 Å². The van der Waals surface area contributed by atoms with Crippen molar-refractivity contribution < 1.29 is 13.2 Å². The number of nitrogens with two attached hydrogens (primary N) is 1. The third-order valence-corrected chi connectivity index (χ3v) is 5.36. The van der Waals surface area contributed by atoms with E-state index in [9.17, 15) is 13.2 Å². The number of nitrogens with zero attached hydrogens (tertiary/aromatic N) is 1. The van der Waals surface area contributed by atoms with Gasteiger partial charge in [-0.1, -0.05) is 31.2 Å². The summed E-state index contributed by atoms with van der Waals surface area (Å²) < 4.78 is 25.7. The van der Waals surface area contributed by atoms with Crippen LogP contribution >= 0.6 is 0 Å². The molecule has 1 aliphatic rings.